The molecule has 8 heteroatoms. The van der Waals surface area contributed by atoms with E-state index in [-0.39, 0.29) is 18.4 Å². The molecule has 3 aromatic rings. The number of fused-ring (bicyclic) bond motifs is 1. The van der Waals surface area contributed by atoms with Crippen molar-refractivity contribution >= 4 is 10.8 Å². The van der Waals surface area contributed by atoms with E-state index in [9.17, 15) is 22.0 Å². The molecule has 3 aromatic carbocycles. The van der Waals surface area contributed by atoms with E-state index in [1.54, 1.807) is 30.3 Å². The Kier molecular flexibility index (Phi) is 7.19. The first-order valence-corrected chi connectivity index (χ1v) is 11.2. The molecule has 1 aliphatic rings. The van der Waals surface area contributed by atoms with Gasteiger partial charge in [-0.3, -0.25) is 0 Å². The van der Waals surface area contributed by atoms with Crippen LogP contribution in [0.3, 0.4) is 0 Å². The highest BCUT2D eigenvalue weighted by molar-refractivity contribution is 5.84. The van der Waals surface area contributed by atoms with Crippen molar-refractivity contribution < 1.29 is 35.8 Å². The molecule has 1 fully saturated rings. The van der Waals surface area contributed by atoms with Crippen molar-refractivity contribution in [3.8, 4) is 0 Å². The summed E-state index contributed by atoms with van der Waals surface area (Å²) in [7, 11) is 0. The molecular formula is C26H24F6O2. The fraction of sp³-hybridized carbons (Fsp3) is 0.385. The number of hydrogen-bond donors (Lipinski definition) is 0. The van der Waals surface area contributed by atoms with Crippen LogP contribution in [0.1, 0.15) is 48.3 Å². The van der Waals surface area contributed by atoms with Gasteiger partial charge in [-0.25, -0.2) is 13.2 Å². The molecule has 2 nitrogen and oxygen atoms in total. The lowest BCUT2D eigenvalue weighted by atomic mass is 9.98. The normalized spacial score (nSPS) is 19.0. The fourth-order valence-electron chi connectivity index (χ4n) is 4.33. The molecule has 0 spiro atoms. The van der Waals surface area contributed by atoms with E-state index in [2.05, 4.69) is 6.92 Å². The van der Waals surface area contributed by atoms with Gasteiger partial charge in [0, 0.05) is 16.9 Å². The van der Waals surface area contributed by atoms with E-state index in [0.717, 1.165) is 18.4 Å². The van der Waals surface area contributed by atoms with Gasteiger partial charge in [-0.05, 0) is 54.0 Å². The molecule has 0 N–H and O–H groups in total. The lowest BCUT2D eigenvalue weighted by molar-refractivity contribution is -0.206. The summed E-state index contributed by atoms with van der Waals surface area (Å²) in [5.74, 6) is -3.47. The lowest BCUT2D eigenvalue weighted by Gasteiger charge is -2.29. The molecule has 1 heterocycles. The summed E-state index contributed by atoms with van der Waals surface area (Å²) in [5, 5.41) is 1.01. The number of benzene rings is 3. The van der Waals surface area contributed by atoms with Crippen molar-refractivity contribution in [3.63, 3.8) is 0 Å². The Labute approximate surface area is 193 Å². The second kappa shape index (κ2) is 9.96. The third kappa shape index (κ3) is 5.23. The SMILES string of the molecule is CCCC1COC(c2ccc3c(F)c(CCc4cc(F)c(C(F)(F)F)c(F)c4)ccc3c2)OC1. The third-order valence-corrected chi connectivity index (χ3v) is 6.06. The quantitative estimate of drug-likeness (QED) is 0.338. The Morgan fingerprint density at radius 2 is 1.56 bits per heavy atom. The van der Waals surface area contributed by atoms with Gasteiger partial charge in [0.05, 0.1) is 13.2 Å². The number of ether oxygens (including phenoxy) is 2. The van der Waals surface area contributed by atoms with Crippen LogP contribution in [0.2, 0.25) is 0 Å². The first-order chi connectivity index (χ1) is 16.2. The molecule has 0 saturated carbocycles. The summed E-state index contributed by atoms with van der Waals surface area (Å²) in [4.78, 5) is 0. The molecule has 0 aliphatic carbocycles. The van der Waals surface area contributed by atoms with E-state index < -0.39 is 35.5 Å². The average molecular weight is 482 g/mol. The zero-order valence-electron chi connectivity index (χ0n) is 18.5. The topological polar surface area (TPSA) is 18.5 Å². The zero-order chi connectivity index (χ0) is 24.5. The maximum absolute atomic E-state index is 15.1. The van der Waals surface area contributed by atoms with Gasteiger partial charge in [0.1, 0.15) is 23.0 Å². The molecule has 1 saturated heterocycles. The van der Waals surface area contributed by atoms with Crippen molar-refractivity contribution in [2.75, 3.05) is 13.2 Å². The highest BCUT2D eigenvalue weighted by Crippen LogP contribution is 2.34. The smallest absolute Gasteiger partial charge is 0.348 e. The molecule has 0 unspecified atom stereocenters. The van der Waals surface area contributed by atoms with Crippen LogP contribution in [0.25, 0.3) is 10.8 Å². The largest absolute Gasteiger partial charge is 0.422 e. The maximum Gasteiger partial charge on any atom is 0.422 e. The fourth-order valence-corrected chi connectivity index (χ4v) is 4.33. The summed E-state index contributed by atoms with van der Waals surface area (Å²) in [5.41, 5.74) is -0.819. The summed E-state index contributed by atoms with van der Waals surface area (Å²) in [6.07, 6.45) is -3.49. The van der Waals surface area contributed by atoms with Gasteiger partial charge in [-0.15, -0.1) is 0 Å². The van der Waals surface area contributed by atoms with Gasteiger partial charge >= 0.3 is 6.18 Å². The molecule has 0 bridgehead atoms. The predicted molar refractivity (Wildman–Crippen MR) is 116 cm³/mol. The Bertz CT molecular complexity index is 1140. The van der Waals surface area contributed by atoms with E-state index in [1.165, 1.54) is 0 Å². The first kappa shape index (κ1) is 24.5. The number of aryl methyl sites for hydroxylation is 2. The van der Waals surface area contributed by atoms with Gasteiger partial charge in [0.15, 0.2) is 6.29 Å². The van der Waals surface area contributed by atoms with E-state index in [1.807, 2.05) is 0 Å². The average Bonchev–Trinajstić information content (AvgIpc) is 2.78. The molecule has 4 rings (SSSR count). The van der Waals surface area contributed by atoms with Crippen molar-refractivity contribution in [2.24, 2.45) is 5.92 Å². The predicted octanol–water partition coefficient (Wildman–Crippen LogP) is 7.52. The summed E-state index contributed by atoms with van der Waals surface area (Å²) < 4.78 is 92.6. The zero-order valence-corrected chi connectivity index (χ0v) is 18.5. The van der Waals surface area contributed by atoms with Crippen molar-refractivity contribution in [2.45, 2.75) is 45.1 Å². The molecule has 0 radical (unpaired) electrons. The van der Waals surface area contributed by atoms with Gasteiger partial charge in [-0.2, -0.15) is 13.2 Å². The Hall–Kier alpha value is -2.58. The lowest BCUT2D eigenvalue weighted by Crippen LogP contribution is -2.26. The van der Waals surface area contributed by atoms with Crippen molar-refractivity contribution in [1.82, 2.24) is 0 Å². The van der Waals surface area contributed by atoms with Crippen molar-refractivity contribution in [1.29, 1.82) is 0 Å². The van der Waals surface area contributed by atoms with Gasteiger partial charge < -0.3 is 9.47 Å². The van der Waals surface area contributed by atoms with Crippen LogP contribution in [0.4, 0.5) is 26.3 Å². The third-order valence-electron chi connectivity index (χ3n) is 6.06. The second-order valence-corrected chi connectivity index (χ2v) is 8.60. The highest BCUT2D eigenvalue weighted by atomic mass is 19.4. The second-order valence-electron chi connectivity index (χ2n) is 8.60. The summed E-state index contributed by atoms with van der Waals surface area (Å²) >= 11 is 0. The summed E-state index contributed by atoms with van der Waals surface area (Å²) in [6.45, 7) is 3.32. The standard InChI is InChI=1S/C26H24F6O2/c1-2-3-16-13-33-25(34-14-16)19-8-9-20-18(12-19)7-6-17(24(20)29)5-4-15-10-21(27)23(22(28)11-15)26(30,31)32/h6-12,16,25H,2-5,13-14H2,1H3. The van der Waals surface area contributed by atoms with E-state index >= 15 is 4.39 Å². The Morgan fingerprint density at radius 3 is 2.18 bits per heavy atom. The van der Waals surface area contributed by atoms with Gasteiger partial charge in [0.2, 0.25) is 0 Å². The first-order valence-electron chi connectivity index (χ1n) is 11.2. The molecule has 182 valence electrons. The highest BCUT2D eigenvalue weighted by Gasteiger charge is 2.37. The molecular weight excluding hydrogens is 458 g/mol. The number of rotatable bonds is 6. The minimum absolute atomic E-state index is 0.0187. The molecule has 0 aromatic heterocycles. The van der Waals surface area contributed by atoms with Crippen LogP contribution in [0, 0.1) is 23.4 Å². The van der Waals surface area contributed by atoms with Crippen LogP contribution in [-0.4, -0.2) is 13.2 Å². The minimum atomic E-state index is -5.12. The Morgan fingerprint density at radius 1 is 0.882 bits per heavy atom. The van der Waals surface area contributed by atoms with Gasteiger partial charge in [-0.1, -0.05) is 37.6 Å². The van der Waals surface area contributed by atoms with Gasteiger partial charge in [0.25, 0.3) is 0 Å². The minimum Gasteiger partial charge on any atom is -0.348 e. The van der Waals surface area contributed by atoms with Crippen LogP contribution >= 0.6 is 0 Å². The maximum atomic E-state index is 15.1. The number of alkyl halides is 3. The van der Waals surface area contributed by atoms with Crippen LogP contribution in [0.15, 0.2) is 42.5 Å². The molecule has 0 amide bonds. The molecule has 0 atom stereocenters. The van der Waals surface area contributed by atoms with Crippen LogP contribution in [0.5, 0.6) is 0 Å². The Balaban J connectivity index is 1.48. The molecule has 34 heavy (non-hydrogen) atoms. The van der Waals surface area contributed by atoms with E-state index in [0.29, 0.717) is 47.6 Å². The van der Waals surface area contributed by atoms with Crippen LogP contribution in [-0.2, 0) is 28.5 Å². The summed E-state index contributed by atoms with van der Waals surface area (Å²) in [6, 6.07) is 9.75. The number of hydrogen-bond acceptors (Lipinski definition) is 2. The van der Waals surface area contributed by atoms with Crippen molar-refractivity contribution in [3.05, 3.63) is 82.2 Å². The van der Waals surface area contributed by atoms with E-state index in [4.69, 9.17) is 9.47 Å². The molecule has 1 aliphatic heterocycles. The monoisotopic (exact) mass is 482 g/mol. The van der Waals surface area contributed by atoms with Crippen LogP contribution < -0.4 is 0 Å². The number of halogens is 6.